The van der Waals surface area contributed by atoms with Crippen molar-refractivity contribution in [2.75, 3.05) is 0 Å². The molecule has 0 atom stereocenters. The van der Waals surface area contributed by atoms with E-state index in [2.05, 4.69) is 12.1 Å². The molecule has 0 aliphatic carbocycles. The zero-order valence-corrected chi connectivity index (χ0v) is 18.2. The molecule has 0 aliphatic heterocycles. The van der Waals surface area contributed by atoms with E-state index >= 15 is 0 Å². The van der Waals surface area contributed by atoms with Crippen LogP contribution in [0.5, 0.6) is 0 Å². The highest BCUT2D eigenvalue weighted by Gasteiger charge is 2.17. The van der Waals surface area contributed by atoms with Gasteiger partial charge in [0.15, 0.2) is 0 Å². The number of benzene rings is 2. The maximum atomic E-state index is 12.9. The van der Waals surface area contributed by atoms with E-state index < -0.39 is 5.97 Å². The fraction of sp³-hybridized carbons (Fsp3) is 0.375. The Bertz CT molecular complexity index is 814. The van der Waals surface area contributed by atoms with Gasteiger partial charge in [-0.2, -0.15) is 0 Å². The number of hydrogen-bond donors (Lipinski definition) is 0. The molecule has 0 amide bonds. The summed E-state index contributed by atoms with van der Waals surface area (Å²) in [7, 11) is 0. The molecule has 2 aromatic rings. The minimum absolute atomic E-state index is 0.186. The number of rotatable bonds is 11. The Balaban J connectivity index is 2.09. The van der Waals surface area contributed by atoms with Crippen LogP contribution in [-0.2, 0) is 9.63 Å². The summed E-state index contributed by atoms with van der Waals surface area (Å²) in [4.78, 5) is 31.9. The van der Waals surface area contributed by atoms with E-state index in [1.54, 1.807) is 37.7 Å². The summed E-state index contributed by atoms with van der Waals surface area (Å²) in [5.74, 6) is -0.905. The van der Waals surface area contributed by atoms with Crippen LogP contribution in [0.1, 0.15) is 63.2 Å². The third kappa shape index (κ3) is 7.86. The molecule has 0 bridgehead atoms. The first-order valence-corrected chi connectivity index (χ1v) is 11.0. The van der Waals surface area contributed by atoms with E-state index in [4.69, 9.17) is 4.84 Å². The fourth-order valence-electron chi connectivity index (χ4n) is 2.59. The van der Waals surface area contributed by atoms with Crippen LogP contribution in [0.3, 0.4) is 0 Å². The van der Waals surface area contributed by atoms with Gasteiger partial charge < -0.3 is 4.84 Å². The highest BCUT2D eigenvalue weighted by molar-refractivity contribution is 7.99. The van der Waals surface area contributed by atoms with Crippen molar-refractivity contribution in [1.82, 2.24) is 0 Å². The summed E-state index contributed by atoms with van der Waals surface area (Å²) in [6, 6.07) is 17.6. The van der Waals surface area contributed by atoms with Crippen molar-refractivity contribution in [2.24, 2.45) is 11.1 Å². The van der Waals surface area contributed by atoms with Crippen molar-refractivity contribution in [2.45, 2.75) is 62.7 Å². The highest BCUT2D eigenvalue weighted by atomic mass is 32.2. The molecule has 0 aromatic heterocycles. The van der Waals surface area contributed by atoms with Crippen LogP contribution in [0.25, 0.3) is 0 Å². The molecule has 2 aromatic carbocycles. The normalized spacial score (nSPS) is 11.5. The third-order valence-electron chi connectivity index (χ3n) is 4.34. The maximum absolute atomic E-state index is 12.9. The molecule has 0 fully saturated rings. The lowest BCUT2D eigenvalue weighted by molar-refractivity contribution is -0.147. The van der Waals surface area contributed by atoms with Crippen molar-refractivity contribution >= 4 is 29.2 Å². The first-order valence-electron chi connectivity index (χ1n) is 10.2. The van der Waals surface area contributed by atoms with Gasteiger partial charge in [-0.05, 0) is 49.2 Å². The topological polar surface area (TPSA) is 55.7 Å². The van der Waals surface area contributed by atoms with Crippen molar-refractivity contribution in [3.8, 4) is 0 Å². The molecule has 29 heavy (non-hydrogen) atoms. The quantitative estimate of drug-likeness (QED) is 0.138. The standard InChI is InChI=1S/C24H29NO3S/c1-4-5-6-10-13-22(25-28-24(27)18(2)3)23(26)19-14-16-21(17-15-19)29-20-11-8-7-9-12-20/h7-9,11-12,14-18H,4-6,10,13H2,1-3H3/b25-22+. The van der Waals surface area contributed by atoms with E-state index in [0.29, 0.717) is 17.7 Å². The number of unbranched alkanes of at least 4 members (excludes halogenated alkanes) is 3. The van der Waals surface area contributed by atoms with Crippen molar-refractivity contribution in [3.05, 3.63) is 60.2 Å². The SMILES string of the molecule is CCCCCC/C(=N\OC(=O)C(C)C)C(=O)c1ccc(Sc2ccccc2)cc1. The minimum atomic E-state index is -0.432. The Hall–Kier alpha value is -2.40. The summed E-state index contributed by atoms with van der Waals surface area (Å²) in [5, 5.41) is 3.92. The second kappa shape index (κ2) is 12.2. The molecule has 5 heteroatoms. The van der Waals surface area contributed by atoms with Gasteiger partial charge in [0, 0.05) is 15.4 Å². The zero-order valence-electron chi connectivity index (χ0n) is 17.4. The Morgan fingerprint density at radius 1 is 0.931 bits per heavy atom. The summed E-state index contributed by atoms with van der Waals surface area (Å²) >= 11 is 1.64. The number of ketones is 1. The lowest BCUT2D eigenvalue weighted by Crippen LogP contribution is -2.17. The van der Waals surface area contributed by atoms with Crippen LogP contribution in [0, 0.1) is 5.92 Å². The molecule has 0 N–H and O–H groups in total. The predicted molar refractivity (Wildman–Crippen MR) is 118 cm³/mol. The van der Waals surface area contributed by atoms with Crippen molar-refractivity contribution in [3.63, 3.8) is 0 Å². The fourth-order valence-corrected chi connectivity index (χ4v) is 3.43. The average molecular weight is 412 g/mol. The largest absolute Gasteiger partial charge is 0.337 e. The van der Waals surface area contributed by atoms with Gasteiger partial charge in [0.1, 0.15) is 5.71 Å². The van der Waals surface area contributed by atoms with Crippen LogP contribution in [-0.4, -0.2) is 17.5 Å². The number of carbonyl (C=O) groups excluding carboxylic acids is 2. The molecule has 0 radical (unpaired) electrons. The second-order valence-electron chi connectivity index (χ2n) is 7.18. The smallest absolute Gasteiger partial charge is 0.318 e. The van der Waals surface area contributed by atoms with Gasteiger partial charge in [-0.3, -0.25) is 4.79 Å². The molecule has 0 spiro atoms. The summed E-state index contributed by atoms with van der Waals surface area (Å²) in [6.07, 6.45) is 4.60. The molecule has 0 heterocycles. The molecule has 0 saturated carbocycles. The Morgan fingerprint density at radius 3 is 2.21 bits per heavy atom. The number of carbonyl (C=O) groups is 2. The average Bonchev–Trinajstić information content (AvgIpc) is 2.73. The van der Waals surface area contributed by atoms with Crippen LogP contribution >= 0.6 is 11.8 Å². The molecule has 0 aliphatic rings. The number of Topliss-reactive ketones (excluding diaryl/α,β-unsaturated/α-hetero) is 1. The maximum Gasteiger partial charge on any atom is 0.337 e. The number of hydrogen-bond acceptors (Lipinski definition) is 5. The Kier molecular flexibility index (Phi) is 9.65. The molecule has 0 unspecified atom stereocenters. The van der Waals surface area contributed by atoms with E-state index in [-0.39, 0.29) is 11.7 Å². The van der Waals surface area contributed by atoms with Crippen molar-refractivity contribution in [1.29, 1.82) is 0 Å². The lowest BCUT2D eigenvalue weighted by atomic mass is 10.0. The lowest BCUT2D eigenvalue weighted by Gasteiger charge is -2.08. The molecule has 0 saturated heterocycles. The molecular formula is C24H29NO3S. The Morgan fingerprint density at radius 2 is 1.59 bits per heavy atom. The minimum Gasteiger partial charge on any atom is -0.318 e. The van der Waals surface area contributed by atoms with Crippen LogP contribution < -0.4 is 0 Å². The Labute approximate surface area is 177 Å². The van der Waals surface area contributed by atoms with Crippen LogP contribution in [0.15, 0.2) is 69.5 Å². The van der Waals surface area contributed by atoms with Crippen molar-refractivity contribution < 1.29 is 14.4 Å². The first kappa shape index (κ1) is 22.9. The molecular weight excluding hydrogens is 382 g/mol. The van der Waals surface area contributed by atoms with Gasteiger partial charge >= 0.3 is 5.97 Å². The van der Waals surface area contributed by atoms with E-state index in [1.165, 1.54) is 0 Å². The highest BCUT2D eigenvalue weighted by Crippen LogP contribution is 2.27. The van der Waals surface area contributed by atoms with Gasteiger partial charge in [0.05, 0.1) is 5.92 Å². The second-order valence-corrected chi connectivity index (χ2v) is 8.33. The van der Waals surface area contributed by atoms with Gasteiger partial charge in [0.25, 0.3) is 0 Å². The van der Waals surface area contributed by atoms with Gasteiger partial charge in [-0.15, -0.1) is 0 Å². The van der Waals surface area contributed by atoms with Gasteiger partial charge in [-0.25, -0.2) is 4.79 Å². The van der Waals surface area contributed by atoms with Crippen LogP contribution in [0.4, 0.5) is 0 Å². The number of oxime groups is 1. The summed E-state index contributed by atoms with van der Waals surface area (Å²) < 4.78 is 0. The van der Waals surface area contributed by atoms with E-state index in [9.17, 15) is 9.59 Å². The summed E-state index contributed by atoms with van der Waals surface area (Å²) in [6.45, 7) is 5.62. The number of nitrogens with zero attached hydrogens (tertiary/aromatic N) is 1. The third-order valence-corrected chi connectivity index (χ3v) is 5.36. The van der Waals surface area contributed by atoms with E-state index in [0.717, 1.165) is 35.5 Å². The van der Waals surface area contributed by atoms with Gasteiger partial charge in [0.2, 0.25) is 5.78 Å². The molecule has 2 rings (SSSR count). The first-order chi connectivity index (χ1) is 14.0. The molecule has 4 nitrogen and oxygen atoms in total. The monoisotopic (exact) mass is 411 g/mol. The molecule has 154 valence electrons. The van der Waals surface area contributed by atoms with Gasteiger partial charge in [-0.1, -0.05) is 75.2 Å². The van der Waals surface area contributed by atoms with Crippen LogP contribution in [0.2, 0.25) is 0 Å². The summed E-state index contributed by atoms with van der Waals surface area (Å²) in [5.41, 5.74) is 0.857. The zero-order chi connectivity index (χ0) is 21.1. The predicted octanol–water partition coefficient (Wildman–Crippen LogP) is 6.55. The van der Waals surface area contributed by atoms with E-state index in [1.807, 2.05) is 42.5 Å².